The van der Waals surface area contributed by atoms with E-state index in [1.807, 2.05) is 45.0 Å². The molecular weight excluding hydrogens is 324 g/mol. The predicted octanol–water partition coefficient (Wildman–Crippen LogP) is 3.02. The van der Waals surface area contributed by atoms with Gasteiger partial charge in [-0.05, 0) is 55.7 Å². The van der Waals surface area contributed by atoms with Crippen LogP contribution < -0.4 is 9.62 Å². The number of amides is 1. The number of nitrogens with one attached hydrogen (secondary N) is 1. The first kappa shape index (κ1) is 18.0. The Morgan fingerprint density at radius 1 is 1.04 bits per heavy atom. The van der Waals surface area contributed by atoms with Crippen molar-refractivity contribution in [3.8, 4) is 0 Å². The molecule has 0 aliphatic carbocycles. The van der Waals surface area contributed by atoms with Gasteiger partial charge in [-0.25, -0.2) is 8.42 Å². The van der Waals surface area contributed by atoms with Crippen LogP contribution in [0.15, 0.2) is 42.5 Å². The lowest BCUT2D eigenvalue weighted by atomic mass is 10.1. The van der Waals surface area contributed by atoms with Crippen LogP contribution in [0.3, 0.4) is 0 Å². The minimum Gasteiger partial charge on any atom is -0.324 e. The monoisotopic (exact) mass is 346 g/mol. The number of benzene rings is 2. The quantitative estimate of drug-likeness (QED) is 0.905. The molecule has 5 nitrogen and oxygen atoms in total. The van der Waals surface area contributed by atoms with Crippen molar-refractivity contribution in [1.82, 2.24) is 0 Å². The van der Waals surface area contributed by atoms with Crippen LogP contribution >= 0.6 is 0 Å². The maximum atomic E-state index is 12.4. The van der Waals surface area contributed by atoms with Gasteiger partial charge < -0.3 is 5.32 Å². The third-order valence-corrected chi connectivity index (χ3v) is 4.78. The van der Waals surface area contributed by atoms with E-state index in [4.69, 9.17) is 0 Å². The van der Waals surface area contributed by atoms with Crippen LogP contribution in [0.2, 0.25) is 0 Å². The van der Waals surface area contributed by atoms with Crippen LogP contribution in [0.1, 0.15) is 16.7 Å². The number of sulfonamides is 1. The van der Waals surface area contributed by atoms with Gasteiger partial charge in [0, 0.05) is 5.69 Å². The molecule has 0 spiro atoms. The number of carbonyl (C=O) groups excluding carboxylic acids is 1. The summed E-state index contributed by atoms with van der Waals surface area (Å²) in [5, 5.41) is 2.79. The van der Waals surface area contributed by atoms with E-state index in [0.29, 0.717) is 11.4 Å². The largest absolute Gasteiger partial charge is 0.324 e. The maximum absolute atomic E-state index is 12.4. The van der Waals surface area contributed by atoms with E-state index in [-0.39, 0.29) is 12.5 Å². The topological polar surface area (TPSA) is 66.5 Å². The lowest BCUT2D eigenvalue weighted by Crippen LogP contribution is -2.37. The summed E-state index contributed by atoms with van der Waals surface area (Å²) in [6.45, 7) is 5.43. The Kier molecular flexibility index (Phi) is 5.29. The van der Waals surface area contributed by atoms with E-state index in [0.717, 1.165) is 27.3 Å². The first-order chi connectivity index (χ1) is 11.2. The molecule has 0 aliphatic heterocycles. The number of anilines is 2. The number of aryl methyl sites for hydroxylation is 3. The number of rotatable bonds is 5. The molecule has 0 saturated carbocycles. The van der Waals surface area contributed by atoms with Crippen LogP contribution in [0, 0.1) is 20.8 Å². The standard InChI is InChI=1S/C18H22N2O3S/c1-13-6-5-7-16(10-13)20(24(4,22)23)12-18(21)19-17-11-14(2)8-9-15(17)3/h5-11H,12H2,1-4H3,(H,19,21). The highest BCUT2D eigenvalue weighted by atomic mass is 32.2. The average Bonchev–Trinajstić information content (AvgIpc) is 2.47. The molecule has 6 heteroatoms. The fourth-order valence-electron chi connectivity index (χ4n) is 2.37. The molecule has 0 saturated heterocycles. The summed E-state index contributed by atoms with van der Waals surface area (Å²) in [4.78, 5) is 12.4. The van der Waals surface area contributed by atoms with E-state index in [1.54, 1.807) is 18.2 Å². The van der Waals surface area contributed by atoms with E-state index in [2.05, 4.69) is 5.32 Å². The van der Waals surface area contributed by atoms with Crippen molar-refractivity contribution in [1.29, 1.82) is 0 Å². The Morgan fingerprint density at radius 3 is 2.33 bits per heavy atom. The van der Waals surface area contributed by atoms with Crippen LogP contribution in [0.25, 0.3) is 0 Å². The van der Waals surface area contributed by atoms with E-state index >= 15 is 0 Å². The van der Waals surface area contributed by atoms with Crippen molar-refractivity contribution in [2.75, 3.05) is 22.4 Å². The minimum atomic E-state index is -3.57. The molecule has 1 amide bonds. The van der Waals surface area contributed by atoms with Gasteiger partial charge in [-0.1, -0.05) is 24.3 Å². The fourth-order valence-corrected chi connectivity index (χ4v) is 3.22. The van der Waals surface area contributed by atoms with Crippen molar-refractivity contribution >= 4 is 27.3 Å². The zero-order valence-electron chi connectivity index (χ0n) is 14.3. The van der Waals surface area contributed by atoms with E-state index in [1.165, 1.54) is 0 Å². The van der Waals surface area contributed by atoms with Gasteiger partial charge in [-0.3, -0.25) is 9.10 Å². The lowest BCUT2D eigenvalue weighted by molar-refractivity contribution is -0.114. The Hall–Kier alpha value is -2.34. The molecule has 2 aromatic carbocycles. The Balaban J connectivity index is 2.24. The van der Waals surface area contributed by atoms with Crippen molar-refractivity contribution in [2.45, 2.75) is 20.8 Å². The predicted molar refractivity (Wildman–Crippen MR) is 97.9 cm³/mol. The summed E-state index contributed by atoms with van der Waals surface area (Å²) in [7, 11) is -3.57. The third-order valence-electron chi connectivity index (χ3n) is 3.64. The molecule has 1 N–H and O–H groups in total. The smallest absolute Gasteiger partial charge is 0.245 e. The highest BCUT2D eigenvalue weighted by Crippen LogP contribution is 2.20. The van der Waals surface area contributed by atoms with Gasteiger partial charge in [-0.15, -0.1) is 0 Å². The zero-order valence-corrected chi connectivity index (χ0v) is 15.1. The molecule has 0 heterocycles. The number of hydrogen-bond donors (Lipinski definition) is 1. The first-order valence-electron chi connectivity index (χ1n) is 7.58. The normalized spacial score (nSPS) is 11.2. The van der Waals surface area contributed by atoms with E-state index < -0.39 is 10.0 Å². The Bertz CT molecular complexity index is 860. The minimum absolute atomic E-state index is 0.268. The summed E-state index contributed by atoms with van der Waals surface area (Å²) in [5.41, 5.74) is 4.05. The summed E-state index contributed by atoms with van der Waals surface area (Å²) < 4.78 is 25.3. The molecule has 24 heavy (non-hydrogen) atoms. The second-order valence-electron chi connectivity index (χ2n) is 5.98. The van der Waals surface area contributed by atoms with Gasteiger partial charge in [0.15, 0.2) is 0 Å². The van der Waals surface area contributed by atoms with Crippen molar-refractivity contribution in [3.05, 3.63) is 59.2 Å². The Labute approximate surface area is 143 Å². The van der Waals surface area contributed by atoms with Gasteiger partial charge >= 0.3 is 0 Å². The van der Waals surface area contributed by atoms with Gasteiger partial charge in [0.25, 0.3) is 0 Å². The molecule has 2 rings (SSSR count). The fraction of sp³-hybridized carbons (Fsp3) is 0.278. The maximum Gasteiger partial charge on any atom is 0.245 e. The number of hydrogen-bond acceptors (Lipinski definition) is 3. The Morgan fingerprint density at radius 2 is 1.71 bits per heavy atom. The van der Waals surface area contributed by atoms with Gasteiger partial charge in [-0.2, -0.15) is 0 Å². The molecule has 0 aliphatic rings. The number of nitrogens with zero attached hydrogens (tertiary/aromatic N) is 1. The number of carbonyl (C=O) groups is 1. The first-order valence-corrected chi connectivity index (χ1v) is 9.43. The second kappa shape index (κ2) is 7.05. The van der Waals surface area contributed by atoms with Crippen LogP contribution in [0.5, 0.6) is 0 Å². The van der Waals surface area contributed by atoms with Crippen molar-refractivity contribution in [2.24, 2.45) is 0 Å². The van der Waals surface area contributed by atoms with E-state index in [9.17, 15) is 13.2 Å². The molecule has 2 aromatic rings. The van der Waals surface area contributed by atoms with Gasteiger partial charge in [0.2, 0.25) is 15.9 Å². The molecule has 0 aromatic heterocycles. The molecule has 128 valence electrons. The average molecular weight is 346 g/mol. The highest BCUT2D eigenvalue weighted by Gasteiger charge is 2.21. The molecular formula is C18H22N2O3S. The third kappa shape index (κ3) is 4.58. The summed E-state index contributed by atoms with van der Waals surface area (Å²) in [6.07, 6.45) is 1.10. The molecule has 0 radical (unpaired) electrons. The van der Waals surface area contributed by atoms with Gasteiger partial charge in [0.1, 0.15) is 6.54 Å². The second-order valence-corrected chi connectivity index (χ2v) is 7.88. The van der Waals surface area contributed by atoms with Crippen molar-refractivity contribution < 1.29 is 13.2 Å². The molecule has 0 unspecified atom stereocenters. The highest BCUT2D eigenvalue weighted by molar-refractivity contribution is 7.92. The summed E-state index contributed by atoms with van der Waals surface area (Å²) in [5.74, 6) is -0.379. The summed E-state index contributed by atoms with van der Waals surface area (Å²) in [6, 6.07) is 12.8. The van der Waals surface area contributed by atoms with Gasteiger partial charge in [0.05, 0.1) is 11.9 Å². The molecule has 0 bridgehead atoms. The molecule has 0 fully saturated rings. The zero-order chi connectivity index (χ0) is 17.9. The van der Waals surface area contributed by atoms with Crippen LogP contribution in [-0.2, 0) is 14.8 Å². The summed E-state index contributed by atoms with van der Waals surface area (Å²) >= 11 is 0. The van der Waals surface area contributed by atoms with Crippen LogP contribution in [-0.4, -0.2) is 27.1 Å². The molecule has 0 atom stereocenters. The SMILES string of the molecule is Cc1cccc(N(CC(=O)Nc2cc(C)ccc2C)S(C)(=O)=O)c1. The van der Waals surface area contributed by atoms with Crippen LogP contribution in [0.4, 0.5) is 11.4 Å². The lowest BCUT2D eigenvalue weighted by Gasteiger charge is -2.22. The van der Waals surface area contributed by atoms with Crippen molar-refractivity contribution in [3.63, 3.8) is 0 Å².